The van der Waals surface area contributed by atoms with Crippen molar-refractivity contribution in [3.05, 3.63) is 53.5 Å². The van der Waals surface area contributed by atoms with Gasteiger partial charge in [0.15, 0.2) is 0 Å². The second kappa shape index (κ2) is 5.26. The van der Waals surface area contributed by atoms with E-state index in [1.807, 2.05) is 37.9 Å². The van der Waals surface area contributed by atoms with E-state index in [1.165, 1.54) is 6.07 Å². The number of aryl methyl sites for hydroxylation is 1. The molecule has 0 aliphatic heterocycles. The van der Waals surface area contributed by atoms with Crippen molar-refractivity contribution in [2.45, 2.75) is 19.9 Å². The number of anilines is 2. The highest BCUT2D eigenvalue weighted by molar-refractivity contribution is 5.55. The lowest BCUT2D eigenvalue weighted by atomic mass is 10.1. The average Bonchev–Trinajstić information content (AvgIpc) is 2.41. The van der Waals surface area contributed by atoms with Crippen LogP contribution in [0.25, 0.3) is 0 Å². The van der Waals surface area contributed by atoms with E-state index in [4.69, 9.17) is 5.73 Å². The number of rotatable bonds is 3. The number of nitrogens with two attached hydrogens (primary N) is 1. The fraction of sp³-hybridized carbons (Fsp3) is 0.267. The molecule has 0 amide bonds. The highest BCUT2D eigenvalue weighted by atomic mass is 19.1. The highest BCUT2D eigenvalue weighted by Gasteiger charge is 2.16. The minimum absolute atomic E-state index is 0.115. The van der Waals surface area contributed by atoms with Crippen LogP contribution in [0.4, 0.5) is 15.9 Å². The third kappa shape index (κ3) is 2.67. The van der Waals surface area contributed by atoms with Gasteiger partial charge in [-0.05, 0) is 25.5 Å². The van der Waals surface area contributed by atoms with Crippen LogP contribution in [0.2, 0.25) is 0 Å². The van der Waals surface area contributed by atoms with E-state index in [2.05, 4.69) is 4.98 Å². The normalized spacial score (nSPS) is 12.2. The predicted molar refractivity (Wildman–Crippen MR) is 76.6 cm³/mol. The van der Waals surface area contributed by atoms with Gasteiger partial charge in [-0.3, -0.25) is 0 Å². The second-order valence-corrected chi connectivity index (χ2v) is 4.71. The van der Waals surface area contributed by atoms with E-state index in [-0.39, 0.29) is 11.9 Å². The fourth-order valence-electron chi connectivity index (χ4n) is 1.94. The van der Waals surface area contributed by atoms with E-state index in [0.717, 1.165) is 11.4 Å². The lowest BCUT2D eigenvalue weighted by Gasteiger charge is -2.27. The number of nitrogens with zero attached hydrogens (tertiary/aromatic N) is 2. The summed E-state index contributed by atoms with van der Waals surface area (Å²) in [5.41, 5.74) is 8.16. The molecule has 0 bridgehead atoms. The van der Waals surface area contributed by atoms with E-state index in [0.29, 0.717) is 11.3 Å². The number of hydrogen-bond donors (Lipinski definition) is 1. The molecule has 2 rings (SSSR count). The van der Waals surface area contributed by atoms with Crippen molar-refractivity contribution in [2.75, 3.05) is 17.7 Å². The van der Waals surface area contributed by atoms with Crippen LogP contribution in [0.15, 0.2) is 36.5 Å². The molecule has 0 radical (unpaired) electrons. The summed E-state index contributed by atoms with van der Waals surface area (Å²) in [4.78, 5) is 6.25. The van der Waals surface area contributed by atoms with Crippen LogP contribution in [0.1, 0.15) is 24.1 Å². The summed E-state index contributed by atoms with van der Waals surface area (Å²) in [5, 5.41) is 0. The van der Waals surface area contributed by atoms with Gasteiger partial charge in [-0.1, -0.05) is 18.2 Å². The molecule has 100 valence electrons. The monoisotopic (exact) mass is 259 g/mol. The van der Waals surface area contributed by atoms with Crippen molar-refractivity contribution in [3.8, 4) is 0 Å². The lowest BCUT2D eigenvalue weighted by molar-refractivity contribution is 0.584. The van der Waals surface area contributed by atoms with Crippen molar-refractivity contribution in [1.82, 2.24) is 4.98 Å². The third-order valence-electron chi connectivity index (χ3n) is 3.43. The molecule has 1 unspecified atom stereocenters. The van der Waals surface area contributed by atoms with Gasteiger partial charge in [0.25, 0.3) is 0 Å². The van der Waals surface area contributed by atoms with Gasteiger partial charge in [-0.2, -0.15) is 0 Å². The predicted octanol–water partition coefficient (Wildman–Crippen LogP) is 3.31. The first-order valence-corrected chi connectivity index (χ1v) is 6.20. The zero-order valence-corrected chi connectivity index (χ0v) is 11.4. The van der Waals surface area contributed by atoms with Crippen molar-refractivity contribution in [1.29, 1.82) is 0 Å². The number of hydrogen-bond acceptors (Lipinski definition) is 3. The first-order chi connectivity index (χ1) is 9.00. The Hall–Kier alpha value is -2.10. The Morgan fingerprint density at radius 2 is 2.00 bits per heavy atom. The van der Waals surface area contributed by atoms with Crippen LogP contribution in [0.5, 0.6) is 0 Å². The Morgan fingerprint density at radius 3 is 2.63 bits per heavy atom. The van der Waals surface area contributed by atoms with Gasteiger partial charge in [0.1, 0.15) is 11.6 Å². The molecule has 0 fully saturated rings. The molecule has 1 atom stereocenters. The molecule has 0 aliphatic rings. The quantitative estimate of drug-likeness (QED) is 0.919. The Kier molecular flexibility index (Phi) is 3.69. The first kappa shape index (κ1) is 13.3. The van der Waals surface area contributed by atoms with Crippen LogP contribution in [-0.4, -0.2) is 12.0 Å². The smallest absolute Gasteiger partial charge is 0.130 e. The number of benzene rings is 1. The molecule has 1 aromatic heterocycles. The Balaban J connectivity index is 2.31. The molecule has 0 saturated heterocycles. The summed E-state index contributed by atoms with van der Waals surface area (Å²) >= 11 is 0. The maximum atomic E-state index is 13.8. The second-order valence-electron chi connectivity index (χ2n) is 4.71. The van der Waals surface area contributed by atoms with E-state index < -0.39 is 0 Å². The highest BCUT2D eigenvalue weighted by Crippen LogP contribution is 2.27. The summed E-state index contributed by atoms with van der Waals surface area (Å²) in [7, 11) is 1.88. The van der Waals surface area contributed by atoms with Crippen molar-refractivity contribution in [2.24, 2.45) is 0 Å². The fourth-order valence-corrected chi connectivity index (χ4v) is 1.94. The number of aromatic nitrogens is 1. The Morgan fingerprint density at radius 1 is 1.32 bits per heavy atom. The minimum atomic E-state index is -0.207. The standard InChI is InChI=1S/C15H18FN3/c1-10-9-18-15(8-14(10)17)19(3)11(2)12-6-4-5-7-13(12)16/h4-9,11H,1-3H3,(H2,17,18). The van der Waals surface area contributed by atoms with Gasteiger partial charge in [0.2, 0.25) is 0 Å². The molecule has 3 nitrogen and oxygen atoms in total. The van der Waals surface area contributed by atoms with Gasteiger partial charge in [-0.15, -0.1) is 0 Å². The van der Waals surface area contributed by atoms with Gasteiger partial charge in [0, 0.05) is 30.6 Å². The Bertz CT molecular complexity index is 583. The van der Waals surface area contributed by atoms with Crippen LogP contribution in [-0.2, 0) is 0 Å². The lowest BCUT2D eigenvalue weighted by Crippen LogP contribution is -2.23. The van der Waals surface area contributed by atoms with Crippen LogP contribution in [0, 0.1) is 12.7 Å². The van der Waals surface area contributed by atoms with Gasteiger partial charge < -0.3 is 10.6 Å². The maximum absolute atomic E-state index is 13.8. The number of nitrogen functional groups attached to an aromatic ring is 1. The molecule has 19 heavy (non-hydrogen) atoms. The summed E-state index contributed by atoms with van der Waals surface area (Å²) in [6.45, 7) is 3.85. The van der Waals surface area contributed by atoms with Crippen molar-refractivity contribution >= 4 is 11.5 Å². The van der Waals surface area contributed by atoms with E-state index in [1.54, 1.807) is 18.3 Å². The largest absolute Gasteiger partial charge is 0.398 e. The molecular formula is C15H18FN3. The maximum Gasteiger partial charge on any atom is 0.130 e. The summed E-state index contributed by atoms with van der Waals surface area (Å²) in [6, 6.07) is 8.47. The molecule has 2 N–H and O–H groups in total. The zero-order chi connectivity index (χ0) is 14.0. The molecule has 0 spiro atoms. The van der Waals surface area contributed by atoms with Gasteiger partial charge in [-0.25, -0.2) is 9.37 Å². The summed E-state index contributed by atoms with van der Waals surface area (Å²) in [6.07, 6.45) is 1.73. The topological polar surface area (TPSA) is 42.2 Å². The molecule has 2 aromatic rings. The average molecular weight is 259 g/mol. The summed E-state index contributed by atoms with van der Waals surface area (Å²) in [5.74, 6) is 0.529. The zero-order valence-electron chi connectivity index (χ0n) is 11.4. The summed E-state index contributed by atoms with van der Waals surface area (Å²) < 4.78 is 13.8. The number of halogens is 1. The molecule has 1 heterocycles. The van der Waals surface area contributed by atoms with Gasteiger partial charge in [0.05, 0.1) is 6.04 Å². The minimum Gasteiger partial charge on any atom is -0.398 e. The first-order valence-electron chi connectivity index (χ1n) is 6.20. The number of pyridine rings is 1. The van der Waals surface area contributed by atoms with Crippen LogP contribution in [0.3, 0.4) is 0 Å². The molecular weight excluding hydrogens is 241 g/mol. The molecule has 0 saturated carbocycles. The van der Waals surface area contributed by atoms with E-state index >= 15 is 0 Å². The molecule has 4 heteroatoms. The third-order valence-corrected chi connectivity index (χ3v) is 3.43. The SMILES string of the molecule is Cc1cnc(N(C)C(C)c2ccccc2F)cc1N. The molecule has 1 aromatic carbocycles. The van der Waals surface area contributed by atoms with Crippen LogP contribution >= 0.6 is 0 Å². The molecule has 0 aliphatic carbocycles. The Labute approximate surface area is 112 Å². The van der Waals surface area contributed by atoms with Crippen molar-refractivity contribution in [3.63, 3.8) is 0 Å². The van der Waals surface area contributed by atoms with Crippen LogP contribution < -0.4 is 10.6 Å². The van der Waals surface area contributed by atoms with E-state index in [9.17, 15) is 4.39 Å². The van der Waals surface area contributed by atoms with Gasteiger partial charge >= 0.3 is 0 Å². The van der Waals surface area contributed by atoms with Crippen molar-refractivity contribution < 1.29 is 4.39 Å².